The lowest BCUT2D eigenvalue weighted by atomic mass is 9.80. The summed E-state index contributed by atoms with van der Waals surface area (Å²) >= 11 is 0. The van der Waals surface area contributed by atoms with E-state index < -0.39 is 0 Å². The molecule has 0 saturated heterocycles. The third-order valence-electron chi connectivity index (χ3n) is 3.46. The fourth-order valence-corrected chi connectivity index (χ4v) is 1.57. The zero-order valence-electron chi connectivity index (χ0n) is 10.1. The van der Waals surface area contributed by atoms with E-state index >= 15 is 0 Å². The van der Waals surface area contributed by atoms with Gasteiger partial charge in [-0.2, -0.15) is 0 Å². The summed E-state index contributed by atoms with van der Waals surface area (Å²) < 4.78 is 5.80. The molecule has 14 heavy (non-hydrogen) atoms. The van der Waals surface area contributed by atoms with Crippen LogP contribution in [0.4, 0.5) is 0 Å². The van der Waals surface area contributed by atoms with Crippen molar-refractivity contribution in [3.05, 3.63) is 0 Å². The number of hydrogen-bond donors (Lipinski definition) is 1. The highest BCUT2D eigenvalue weighted by Gasteiger charge is 2.29. The van der Waals surface area contributed by atoms with Gasteiger partial charge in [-0.1, -0.05) is 20.8 Å². The maximum Gasteiger partial charge on any atom is 0.0534 e. The highest BCUT2D eigenvalue weighted by molar-refractivity contribution is 4.80. The molecule has 1 unspecified atom stereocenters. The fourth-order valence-electron chi connectivity index (χ4n) is 1.57. The van der Waals surface area contributed by atoms with Gasteiger partial charge in [0.05, 0.1) is 6.61 Å². The third-order valence-corrected chi connectivity index (χ3v) is 3.46. The van der Waals surface area contributed by atoms with E-state index in [-0.39, 0.29) is 5.41 Å². The monoisotopic (exact) mass is 199 g/mol. The Morgan fingerprint density at radius 1 is 1.43 bits per heavy atom. The largest absolute Gasteiger partial charge is 0.381 e. The molecule has 1 fully saturated rings. The Hall–Kier alpha value is -0.0800. The second-order valence-corrected chi connectivity index (χ2v) is 5.30. The maximum atomic E-state index is 5.80. The number of ether oxygens (including phenoxy) is 1. The minimum absolute atomic E-state index is 0.281. The van der Waals surface area contributed by atoms with Gasteiger partial charge in [0.2, 0.25) is 0 Å². The van der Waals surface area contributed by atoms with Gasteiger partial charge >= 0.3 is 0 Å². The van der Waals surface area contributed by atoms with Gasteiger partial charge < -0.3 is 10.1 Å². The SMILES string of the molecule is CNCC(C)(COCC1CC1)C(C)C. The van der Waals surface area contributed by atoms with E-state index in [9.17, 15) is 0 Å². The van der Waals surface area contributed by atoms with Crippen LogP contribution in [0.5, 0.6) is 0 Å². The first kappa shape index (κ1) is 12.0. The van der Waals surface area contributed by atoms with Crippen LogP contribution < -0.4 is 5.32 Å². The van der Waals surface area contributed by atoms with Crippen LogP contribution in [0.15, 0.2) is 0 Å². The van der Waals surface area contributed by atoms with E-state index in [2.05, 4.69) is 26.1 Å². The van der Waals surface area contributed by atoms with Crippen molar-refractivity contribution in [2.24, 2.45) is 17.3 Å². The molecule has 0 aromatic carbocycles. The molecule has 2 heteroatoms. The molecule has 0 spiro atoms. The van der Waals surface area contributed by atoms with Gasteiger partial charge in [0.15, 0.2) is 0 Å². The second-order valence-electron chi connectivity index (χ2n) is 5.30. The van der Waals surface area contributed by atoms with Crippen molar-refractivity contribution in [1.82, 2.24) is 5.32 Å². The Balaban J connectivity index is 2.25. The molecule has 84 valence electrons. The van der Waals surface area contributed by atoms with Crippen molar-refractivity contribution < 1.29 is 4.74 Å². The van der Waals surface area contributed by atoms with Gasteiger partial charge in [0.25, 0.3) is 0 Å². The predicted molar refractivity (Wildman–Crippen MR) is 60.4 cm³/mol. The van der Waals surface area contributed by atoms with Gasteiger partial charge in [0.1, 0.15) is 0 Å². The van der Waals surface area contributed by atoms with E-state index in [0.29, 0.717) is 5.92 Å². The van der Waals surface area contributed by atoms with E-state index in [1.54, 1.807) is 0 Å². The highest BCUT2D eigenvalue weighted by Crippen LogP contribution is 2.31. The van der Waals surface area contributed by atoms with Crippen LogP contribution in [0.25, 0.3) is 0 Å². The van der Waals surface area contributed by atoms with E-state index in [0.717, 1.165) is 25.7 Å². The molecule has 0 aromatic heterocycles. The number of rotatable bonds is 7. The van der Waals surface area contributed by atoms with Crippen LogP contribution in [0.1, 0.15) is 33.6 Å². The van der Waals surface area contributed by atoms with Crippen molar-refractivity contribution in [2.45, 2.75) is 33.6 Å². The molecule has 0 aromatic rings. The Morgan fingerprint density at radius 3 is 2.50 bits per heavy atom. The summed E-state index contributed by atoms with van der Waals surface area (Å²) in [5.41, 5.74) is 0.281. The Morgan fingerprint density at radius 2 is 2.07 bits per heavy atom. The molecule has 0 radical (unpaired) electrons. The Kier molecular flexibility index (Phi) is 4.39. The molecule has 1 aliphatic carbocycles. The summed E-state index contributed by atoms with van der Waals surface area (Å²) in [5.74, 6) is 1.54. The van der Waals surface area contributed by atoms with Crippen LogP contribution in [0.3, 0.4) is 0 Å². The van der Waals surface area contributed by atoms with Gasteiger partial charge in [-0.3, -0.25) is 0 Å². The van der Waals surface area contributed by atoms with Crippen molar-refractivity contribution in [3.8, 4) is 0 Å². The molecule has 0 heterocycles. The Bertz CT molecular complexity index is 166. The normalized spacial score (nSPS) is 21.2. The minimum atomic E-state index is 0.281. The van der Waals surface area contributed by atoms with Crippen molar-refractivity contribution in [2.75, 3.05) is 26.8 Å². The van der Waals surface area contributed by atoms with Crippen LogP contribution in [-0.2, 0) is 4.74 Å². The zero-order valence-corrected chi connectivity index (χ0v) is 10.1. The molecule has 0 aliphatic heterocycles. The van der Waals surface area contributed by atoms with Crippen LogP contribution in [0.2, 0.25) is 0 Å². The smallest absolute Gasteiger partial charge is 0.0534 e. The van der Waals surface area contributed by atoms with Crippen LogP contribution >= 0.6 is 0 Å². The highest BCUT2D eigenvalue weighted by atomic mass is 16.5. The molecule has 1 rings (SSSR count). The summed E-state index contributed by atoms with van der Waals surface area (Å²) in [7, 11) is 2.02. The van der Waals surface area contributed by atoms with Crippen molar-refractivity contribution in [3.63, 3.8) is 0 Å². The van der Waals surface area contributed by atoms with Gasteiger partial charge in [-0.05, 0) is 31.7 Å². The molecule has 0 bridgehead atoms. The molecule has 1 aliphatic rings. The molecular formula is C12H25NO. The third kappa shape index (κ3) is 3.58. The van der Waals surface area contributed by atoms with Crippen LogP contribution in [0, 0.1) is 17.3 Å². The summed E-state index contributed by atoms with van der Waals surface area (Å²) in [6.45, 7) is 9.76. The first-order valence-electron chi connectivity index (χ1n) is 5.81. The maximum absolute atomic E-state index is 5.80. The molecule has 0 amide bonds. The summed E-state index contributed by atoms with van der Waals surface area (Å²) in [6, 6.07) is 0. The summed E-state index contributed by atoms with van der Waals surface area (Å²) in [6.07, 6.45) is 2.76. The predicted octanol–water partition coefficient (Wildman–Crippen LogP) is 2.29. The minimum Gasteiger partial charge on any atom is -0.381 e. The summed E-state index contributed by atoms with van der Waals surface area (Å²) in [5, 5.41) is 3.26. The van der Waals surface area contributed by atoms with Crippen LogP contribution in [-0.4, -0.2) is 26.8 Å². The molecule has 2 nitrogen and oxygen atoms in total. The van der Waals surface area contributed by atoms with Crippen molar-refractivity contribution >= 4 is 0 Å². The lowest BCUT2D eigenvalue weighted by Gasteiger charge is -2.33. The van der Waals surface area contributed by atoms with Gasteiger partial charge in [0, 0.05) is 18.6 Å². The second kappa shape index (κ2) is 5.13. The molecular weight excluding hydrogens is 174 g/mol. The molecule has 1 saturated carbocycles. The Labute approximate surface area is 88.4 Å². The van der Waals surface area contributed by atoms with E-state index in [1.807, 2.05) is 7.05 Å². The standard InChI is InChI=1S/C12H25NO/c1-10(2)12(3,8-13-4)9-14-7-11-5-6-11/h10-11,13H,5-9H2,1-4H3. The first-order valence-corrected chi connectivity index (χ1v) is 5.81. The number of hydrogen-bond acceptors (Lipinski definition) is 2. The van der Waals surface area contributed by atoms with Gasteiger partial charge in [-0.15, -0.1) is 0 Å². The van der Waals surface area contributed by atoms with E-state index in [4.69, 9.17) is 4.74 Å². The fraction of sp³-hybridized carbons (Fsp3) is 1.00. The first-order chi connectivity index (χ1) is 6.58. The molecule has 1 atom stereocenters. The van der Waals surface area contributed by atoms with Crippen molar-refractivity contribution in [1.29, 1.82) is 0 Å². The molecule has 1 N–H and O–H groups in total. The lowest BCUT2D eigenvalue weighted by Crippen LogP contribution is -2.38. The average molecular weight is 199 g/mol. The average Bonchev–Trinajstić information content (AvgIpc) is 2.88. The van der Waals surface area contributed by atoms with Gasteiger partial charge in [-0.25, -0.2) is 0 Å². The zero-order chi connectivity index (χ0) is 10.6. The topological polar surface area (TPSA) is 21.3 Å². The summed E-state index contributed by atoms with van der Waals surface area (Å²) in [4.78, 5) is 0. The number of nitrogens with one attached hydrogen (secondary N) is 1. The van der Waals surface area contributed by atoms with E-state index in [1.165, 1.54) is 12.8 Å². The lowest BCUT2D eigenvalue weighted by molar-refractivity contribution is 0.0226. The quantitative estimate of drug-likeness (QED) is 0.679.